The van der Waals surface area contributed by atoms with Crippen LogP contribution in [0.5, 0.6) is 0 Å². The second kappa shape index (κ2) is 6.59. The van der Waals surface area contributed by atoms with Gasteiger partial charge < -0.3 is 14.4 Å². The standard InChI is InChI=1S/C19H20N4O3/c1-19(2,3)18-21-16(22-26-18)12-5-7-14(8-6-12)20-17(25)13-9-10-23(4)15(24)11-13/h5-11H,1-4H3,(H,20,25). The maximum Gasteiger partial charge on any atom is 0.255 e. The average Bonchev–Trinajstić information content (AvgIpc) is 3.08. The third-order valence-corrected chi connectivity index (χ3v) is 3.84. The van der Waals surface area contributed by atoms with Gasteiger partial charge in [0, 0.05) is 41.5 Å². The van der Waals surface area contributed by atoms with E-state index in [0.29, 0.717) is 23.0 Å². The van der Waals surface area contributed by atoms with Gasteiger partial charge in [0.05, 0.1) is 0 Å². The molecule has 0 aliphatic heterocycles. The van der Waals surface area contributed by atoms with Crippen LogP contribution in [0.2, 0.25) is 0 Å². The summed E-state index contributed by atoms with van der Waals surface area (Å²) in [6.07, 6.45) is 1.56. The fraction of sp³-hybridized carbons (Fsp3) is 0.263. The molecule has 0 fully saturated rings. The third-order valence-electron chi connectivity index (χ3n) is 3.84. The highest BCUT2D eigenvalue weighted by molar-refractivity contribution is 6.04. The van der Waals surface area contributed by atoms with E-state index in [9.17, 15) is 9.59 Å². The number of amides is 1. The largest absolute Gasteiger partial charge is 0.338 e. The van der Waals surface area contributed by atoms with Gasteiger partial charge in [-0.3, -0.25) is 9.59 Å². The SMILES string of the molecule is Cn1ccc(C(=O)Nc2ccc(-c3noc(C(C)(C)C)n3)cc2)cc1=O. The van der Waals surface area contributed by atoms with Crippen LogP contribution >= 0.6 is 0 Å². The zero-order chi connectivity index (χ0) is 18.9. The van der Waals surface area contributed by atoms with Crippen molar-refractivity contribution in [2.75, 3.05) is 5.32 Å². The van der Waals surface area contributed by atoms with Crippen molar-refractivity contribution >= 4 is 11.6 Å². The summed E-state index contributed by atoms with van der Waals surface area (Å²) in [5.74, 6) is 0.722. The van der Waals surface area contributed by atoms with Gasteiger partial charge in [0.15, 0.2) is 0 Å². The van der Waals surface area contributed by atoms with Gasteiger partial charge in [-0.25, -0.2) is 0 Å². The van der Waals surface area contributed by atoms with E-state index in [1.54, 1.807) is 43.6 Å². The molecule has 1 amide bonds. The van der Waals surface area contributed by atoms with Gasteiger partial charge >= 0.3 is 0 Å². The number of carbonyl (C=O) groups excluding carboxylic acids is 1. The molecule has 0 unspecified atom stereocenters. The van der Waals surface area contributed by atoms with E-state index in [2.05, 4.69) is 15.5 Å². The number of anilines is 1. The van der Waals surface area contributed by atoms with Crippen molar-refractivity contribution in [1.82, 2.24) is 14.7 Å². The van der Waals surface area contributed by atoms with Crippen LogP contribution in [0, 0.1) is 0 Å². The van der Waals surface area contributed by atoms with E-state index in [0.717, 1.165) is 5.56 Å². The normalized spacial score (nSPS) is 11.4. The Hall–Kier alpha value is -3.22. The minimum atomic E-state index is -0.343. The minimum Gasteiger partial charge on any atom is -0.338 e. The molecule has 0 saturated carbocycles. The summed E-state index contributed by atoms with van der Waals surface area (Å²) < 4.78 is 6.70. The maximum atomic E-state index is 12.2. The Morgan fingerprint density at radius 3 is 2.42 bits per heavy atom. The second-order valence-electron chi connectivity index (χ2n) is 7.07. The predicted molar refractivity (Wildman–Crippen MR) is 98.1 cm³/mol. The molecule has 0 atom stereocenters. The van der Waals surface area contributed by atoms with Gasteiger partial charge in [-0.1, -0.05) is 25.9 Å². The van der Waals surface area contributed by atoms with E-state index < -0.39 is 0 Å². The second-order valence-corrected chi connectivity index (χ2v) is 7.07. The first-order valence-electron chi connectivity index (χ1n) is 8.17. The number of carbonyl (C=O) groups is 1. The van der Waals surface area contributed by atoms with Crippen LogP contribution in [-0.4, -0.2) is 20.6 Å². The molecule has 0 bridgehead atoms. The third kappa shape index (κ3) is 3.72. The molecule has 0 aliphatic carbocycles. The smallest absolute Gasteiger partial charge is 0.255 e. The molecule has 134 valence electrons. The van der Waals surface area contributed by atoms with Crippen molar-refractivity contribution in [3.8, 4) is 11.4 Å². The first-order valence-corrected chi connectivity index (χ1v) is 8.17. The molecule has 0 aliphatic rings. The number of aromatic nitrogens is 3. The number of aryl methyl sites for hydroxylation is 1. The van der Waals surface area contributed by atoms with Crippen molar-refractivity contribution in [1.29, 1.82) is 0 Å². The summed E-state index contributed by atoms with van der Waals surface area (Å²) in [6, 6.07) is 10.0. The molecule has 7 heteroatoms. The van der Waals surface area contributed by atoms with Crippen LogP contribution in [0.15, 0.2) is 51.9 Å². The number of hydrogen-bond donors (Lipinski definition) is 1. The Morgan fingerprint density at radius 1 is 1.15 bits per heavy atom. The van der Waals surface area contributed by atoms with E-state index in [1.807, 2.05) is 20.8 Å². The van der Waals surface area contributed by atoms with Gasteiger partial charge in [-0.2, -0.15) is 4.98 Å². The van der Waals surface area contributed by atoms with Crippen LogP contribution in [0.4, 0.5) is 5.69 Å². The molecular weight excluding hydrogens is 332 g/mol. The minimum absolute atomic E-state index is 0.216. The topological polar surface area (TPSA) is 90.0 Å². The molecule has 0 spiro atoms. The van der Waals surface area contributed by atoms with Crippen LogP contribution < -0.4 is 10.9 Å². The van der Waals surface area contributed by atoms with Crippen molar-refractivity contribution in [2.24, 2.45) is 7.05 Å². The molecular formula is C19H20N4O3. The lowest BCUT2D eigenvalue weighted by Crippen LogP contribution is -2.19. The Labute approximate surface area is 150 Å². The molecule has 1 aromatic carbocycles. The zero-order valence-electron chi connectivity index (χ0n) is 15.1. The summed E-state index contributed by atoms with van der Waals surface area (Å²) in [5.41, 5.74) is 1.26. The lowest BCUT2D eigenvalue weighted by molar-refractivity contribution is 0.102. The molecule has 26 heavy (non-hydrogen) atoms. The lowest BCUT2D eigenvalue weighted by Gasteiger charge is -2.10. The van der Waals surface area contributed by atoms with E-state index >= 15 is 0 Å². The first-order chi connectivity index (χ1) is 12.2. The van der Waals surface area contributed by atoms with E-state index in [-0.39, 0.29) is 16.9 Å². The van der Waals surface area contributed by atoms with Crippen LogP contribution in [0.25, 0.3) is 11.4 Å². The molecule has 2 heterocycles. The van der Waals surface area contributed by atoms with Crippen LogP contribution in [0.3, 0.4) is 0 Å². The average molecular weight is 352 g/mol. The summed E-state index contributed by atoms with van der Waals surface area (Å²) >= 11 is 0. The highest BCUT2D eigenvalue weighted by atomic mass is 16.5. The fourth-order valence-corrected chi connectivity index (χ4v) is 2.24. The van der Waals surface area contributed by atoms with Gasteiger partial charge in [0.25, 0.3) is 11.5 Å². The Bertz CT molecular complexity index is 995. The van der Waals surface area contributed by atoms with Crippen LogP contribution in [-0.2, 0) is 12.5 Å². The van der Waals surface area contributed by atoms with E-state index in [4.69, 9.17) is 4.52 Å². The Morgan fingerprint density at radius 2 is 1.85 bits per heavy atom. The van der Waals surface area contributed by atoms with Crippen LogP contribution in [0.1, 0.15) is 37.0 Å². The predicted octanol–water partition coefficient (Wildman–Crippen LogP) is 2.99. The van der Waals surface area contributed by atoms with Crippen molar-refractivity contribution in [2.45, 2.75) is 26.2 Å². The number of nitrogens with one attached hydrogen (secondary N) is 1. The molecule has 7 nitrogen and oxygen atoms in total. The lowest BCUT2D eigenvalue weighted by atomic mass is 9.97. The monoisotopic (exact) mass is 352 g/mol. The maximum absolute atomic E-state index is 12.2. The number of benzene rings is 1. The van der Waals surface area contributed by atoms with E-state index in [1.165, 1.54) is 10.6 Å². The first kappa shape index (κ1) is 17.6. The Balaban J connectivity index is 1.75. The van der Waals surface area contributed by atoms with Crippen molar-refractivity contribution in [3.05, 3.63) is 64.4 Å². The molecule has 1 N–H and O–H groups in total. The summed E-state index contributed by atoms with van der Waals surface area (Å²) in [5, 5.41) is 6.76. The van der Waals surface area contributed by atoms with Gasteiger partial charge in [-0.15, -0.1) is 0 Å². The molecule has 3 aromatic rings. The van der Waals surface area contributed by atoms with Gasteiger partial charge in [0.1, 0.15) is 0 Å². The highest BCUT2D eigenvalue weighted by Crippen LogP contribution is 2.24. The summed E-state index contributed by atoms with van der Waals surface area (Å²) in [7, 11) is 1.63. The van der Waals surface area contributed by atoms with Crippen molar-refractivity contribution in [3.63, 3.8) is 0 Å². The molecule has 3 rings (SSSR count). The number of pyridine rings is 1. The quantitative estimate of drug-likeness (QED) is 0.782. The highest BCUT2D eigenvalue weighted by Gasteiger charge is 2.22. The molecule has 2 aromatic heterocycles. The Kier molecular flexibility index (Phi) is 4.46. The molecule has 0 radical (unpaired) electrons. The summed E-state index contributed by atoms with van der Waals surface area (Å²) in [4.78, 5) is 28.3. The fourth-order valence-electron chi connectivity index (χ4n) is 2.24. The number of hydrogen-bond acceptors (Lipinski definition) is 5. The zero-order valence-corrected chi connectivity index (χ0v) is 15.1. The number of rotatable bonds is 3. The summed E-state index contributed by atoms with van der Waals surface area (Å²) in [6.45, 7) is 6.00. The van der Waals surface area contributed by atoms with Crippen molar-refractivity contribution < 1.29 is 9.32 Å². The molecule has 0 saturated heterocycles. The van der Waals surface area contributed by atoms with Gasteiger partial charge in [-0.05, 0) is 30.3 Å². The van der Waals surface area contributed by atoms with Gasteiger partial charge in [0.2, 0.25) is 11.7 Å². The number of nitrogens with zero attached hydrogens (tertiary/aromatic N) is 3.